The Morgan fingerprint density at radius 1 is 1.86 bits per heavy atom. The lowest BCUT2D eigenvalue weighted by molar-refractivity contribution is -0.277. The van der Waals surface area contributed by atoms with Gasteiger partial charge in [0.2, 0.25) is 5.88 Å². The van der Waals surface area contributed by atoms with Crippen molar-refractivity contribution in [3.05, 3.63) is 6.07 Å². The molecule has 7 heavy (non-hydrogen) atoms. The van der Waals surface area contributed by atoms with Gasteiger partial charge in [-0.1, -0.05) is 5.16 Å². The molecule has 1 heterocycles. The van der Waals surface area contributed by atoms with Crippen molar-refractivity contribution < 1.29 is 9.63 Å². The molecule has 0 spiro atoms. The maximum atomic E-state index is 10.0. The molecule has 0 saturated heterocycles. The van der Waals surface area contributed by atoms with Crippen molar-refractivity contribution in [2.45, 2.75) is 0 Å². The predicted octanol–water partition coefficient (Wildman–Crippen LogP) is -0.670. The van der Waals surface area contributed by atoms with E-state index in [4.69, 9.17) is 5.73 Å². The average Bonchev–Trinajstić information content (AvgIpc) is 1.87. The third kappa shape index (κ3) is 0.623. The van der Waals surface area contributed by atoms with E-state index in [0.29, 0.717) is 0 Å². The van der Waals surface area contributed by atoms with E-state index in [9.17, 15) is 5.11 Å². The molecule has 0 fully saturated rings. The summed E-state index contributed by atoms with van der Waals surface area (Å²) in [7, 11) is 0. The van der Waals surface area contributed by atoms with Crippen LogP contribution in [0, 0.1) is 0 Å². The minimum absolute atomic E-state index is 0.0602. The van der Waals surface area contributed by atoms with Crippen molar-refractivity contribution in [1.82, 2.24) is 5.16 Å². The van der Waals surface area contributed by atoms with Gasteiger partial charge in [-0.3, -0.25) is 0 Å². The van der Waals surface area contributed by atoms with Gasteiger partial charge in [-0.05, 0) is 0 Å². The van der Waals surface area contributed by atoms with Gasteiger partial charge in [-0.25, -0.2) is 0 Å². The number of nitrogen functional groups attached to an aromatic ring is 1. The van der Waals surface area contributed by atoms with Gasteiger partial charge in [-0.15, -0.1) is 0 Å². The van der Waals surface area contributed by atoms with E-state index in [0.717, 1.165) is 6.07 Å². The molecule has 0 amide bonds. The van der Waals surface area contributed by atoms with Crippen LogP contribution in [0.3, 0.4) is 0 Å². The van der Waals surface area contributed by atoms with Gasteiger partial charge in [0.15, 0.2) is 0 Å². The molecule has 4 nitrogen and oxygen atoms in total. The molecular weight excluding hydrogens is 96.0 g/mol. The number of nitrogens with zero attached hydrogens (tertiary/aromatic N) is 1. The van der Waals surface area contributed by atoms with E-state index in [1.807, 2.05) is 0 Å². The topological polar surface area (TPSA) is 75.1 Å². The molecule has 0 aliphatic rings. The molecule has 0 atom stereocenters. The van der Waals surface area contributed by atoms with E-state index in [1.54, 1.807) is 0 Å². The predicted molar refractivity (Wildman–Crippen MR) is 20.4 cm³/mol. The van der Waals surface area contributed by atoms with E-state index in [-0.39, 0.29) is 5.88 Å². The first kappa shape index (κ1) is 3.98. The Kier molecular flexibility index (Phi) is 0.651. The highest BCUT2D eigenvalue weighted by Gasteiger charge is 1.83. The zero-order chi connectivity index (χ0) is 5.28. The smallest absolute Gasteiger partial charge is 0.221 e. The van der Waals surface area contributed by atoms with Crippen LogP contribution in [0.4, 0.5) is 5.88 Å². The lowest BCUT2D eigenvalue weighted by Crippen LogP contribution is -1.86. The number of rotatable bonds is 0. The van der Waals surface area contributed by atoms with Crippen LogP contribution in [0.5, 0.6) is 5.88 Å². The van der Waals surface area contributed by atoms with Crippen molar-refractivity contribution in [2.75, 3.05) is 5.73 Å². The molecule has 1 rings (SSSR count). The number of nitrogens with two attached hydrogens (primary N) is 1. The molecule has 38 valence electrons. The van der Waals surface area contributed by atoms with Crippen LogP contribution >= 0.6 is 0 Å². The average molecular weight is 99.1 g/mol. The normalized spacial score (nSPS) is 9.14. The van der Waals surface area contributed by atoms with Gasteiger partial charge >= 0.3 is 0 Å². The number of hydrogen-bond donors (Lipinski definition) is 1. The highest BCUT2D eigenvalue weighted by atomic mass is 16.5. The van der Waals surface area contributed by atoms with E-state index < -0.39 is 5.88 Å². The quantitative estimate of drug-likeness (QED) is 0.468. The van der Waals surface area contributed by atoms with Gasteiger partial charge in [0.1, 0.15) is 0 Å². The van der Waals surface area contributed by atoms with Crippen molar-refractivity contribution in [3.63, 3.8) is 0 Å². The summed E-state index contributed by atoms with van der Waals surface area (Å²) >= 11 is 0. The maximum Gasteiger partial charge on any atom is 0.221 e. The molecule has 0 aromatic carbocycles. The lowest BCUT2D eigenvalue weighted by Gasteiger charge is -1.85. The van der Waals surface area contributed by atoms with E-state index in [1.165, 1.54) is 0 Å². The Balaban J connectivity index is 3.04. The Morgan fingerprint density at radius 3 is 2.71 bits per heavy atom. The highest BCUT2D eigenvalue weighted by molar-refractivity contribution is 5.25. The summed E-state index contributed by atoms with van der Waals surface area (Å²) in [5.74, 6) is -0.373. The Morgan fingerprint density at radius 2 is 2.57 bits per heavy atom. The monoisotopic (exact) mass is 99.0 g/mol. The molecule has 0 bridgehead atoms. The second-order valence-electron chi connectivity index (χ2n) is 1.07. The van der Waals surface area contributed by atoms with Crippen molar-refractivity contribution in [3.8, 4) is 5.88 Å². The fourth-order valence-electron chi connectivity index (χ4n) is 0.272. The SMILES string of the molecule is Nc1cc([O-])no1. The summed E-state index contributed by atoms with van der Waals surface area (Å²) in [5, 5.41) is 13.0. The summed E-state index contributed by atoms with van der Waals surface area (Å²) in [4.78, 5) is 0. The fourth-order valence-corrected chi connectivity index (χ4v) is 0.272. The lowest BCUT2D eigenvalue weighted by atomic mass is 10.7. The zero-order valence-electron chi connectivity index (χ0n) is 3.42. The Hall–Kier alpha value is -1.19. The summed E-state index contributed by atoms with van der Waals surface area (Å²) in [6, 6.07) is 1.11. The molecule has 0 aliphatic heterocycles. The maximum absolute atomic E-state index is 10.0. The van der Waals surface area contributed by atoms with Crippen LogP contribution in [-0.4, -0.2) is 5.16 Å². The molecule has 1 aromatic rings. The number of hydrogen-bond acceptors (Lipinski definition) is 4. The standard InChI is InChI=1S/C3H4N2O2/c4-2-1-3(6)5-7-2/h1H,4H2,(H,5,6)/p-1. The van der Waals surface area contributed by atoms with Gasteiger partial charge in [0.05, 0.1) is 0 Å². The van der Waals surface area contributed by atoms with Gasteiger partial charge < -0.3 is 15.4 Å². The minimum atomic E-state index is -0.433. The van der Waals surface area contributed by atoms with Crippen LogP contribution in [0.25, 0.3) is 0 Å². The fraction of sp³-hybridized carbons (Fsp3) is 0. The van der Waals surface area contributed by atoms with Crippen LogP contribution in [-0.2, 0) is 0 Å². The Bertz CT molecular complexity index is 143. The number of anilines is 1. The molecule has 0 saturated carbocycles. The van der Waals surface area contributed by atoms with Crippen LogP contribution in [0.1, 0.15) is 0 Å². The third-order valence-electron chi connectivity index (χ3n) is 0.507. The van der Waals surface area contributed by atoms with Crippen LogP contribution < -0.4 is 10.8 Å². The van der Waals surface area contributed by atoms with E-state index in [2.05, 4.69) is 9.68 Å². The largest absolute Gasteiger partial charge is 0.856 e. The first-order valence-electron chi connectivity index (χ1n) is 1.68. The minimum Gasteiger partial charge on any atom is -0.856 e. The molecular formula is C3H3N2O2-. The summed E-state index contributed by atoms with van der Waals surface area (Å²) in [5.41, 5.74) is 4.95. The molecule has 4 heteroatoms. The molecule has 0 radical (unpaired) electrons. The van der Waals surface area contributed by atoms with Gasteiger partial charge in [-0.2, -0.15) is 0 Å². The molecule has 0 aliphatic carbocycles. The highest BCUT2D eigenvalue weighted by Crippen LogP contribution is 2.05. The first-order chi connectivity index (χ1) is 3.29. The molecule has 0 unspecified atom stereocenters. The third-order valence-corrected chi connectivity index (χ3v) is 0.507. The van der Waals surface area contributed by atoms with Crippen LogP contribution in [0.15, 0.2) is 10.6 Å². The van der Waals surface area contributed by atoms with Crippen molar-refractivity contribution in [2.24, 2.45) is 0 Å². The second-order valence-corrected chi connectivity index (χ2v) is 1.07. The van der Waals surface area contributed by atoms with Gasteiger partial charge in [0, 0.05) is 11.9 Å². The van der Waals surface area contributed by atoms with Crippen molar-refractivity contribution >= 4 is 5.88 Å². The van der Waals surface area contributed by atoms with Crippen LogP contribution in [0.2, 0.25) is 0 Å². The van der Waals surface area contributed by atoms with E-state index >= 15 is 0 Å². The second kappa shape index (κ2) is 1.14. The Labute approximate surface area is 39.5 Å². The molecule has 2 N–H and O–H groups in total. The van der Waals surface area contributed by atoms with Gasteiger partial charge in [0.25, 0.3) is 0 Å². The number of aromatic nitrogens is 1. The zero-order valence-corrected chi connectivity index (χ0v) is 3.42. The summed E-state index contributed by atoms with van der Waals surface area (Å²) in [6.45, 7) is 0. The summed E-state index contributed by atoms with van der Waals surface area (Å²) < 4.78 is 4.18. The summed E-state index contributed by atoms with van der Waals surface area (Å²) in [6.07, 6.45) is 0. The first-order valence-corrected chi connectivity index (χ1v) is 1.68. The van der Waals surface area contributed by atoms with Crippen molar-refractivity contribution in [1.29, 1.82) is 0 Å². The molecule has 1 aromatic heterocycles.